The van der Waals surface area contributed by atoms with E-state index in [1.165, 1.54) is 0 Å². The summed E-state index contributed by atoms with van der Waals surface area (Å²) in [5.74, 6) is 0.963. The maximum absolute atomic E-state index is 9.81. The van der Waals surface area contributed by atoms with E-state index in [1.54, 1.807) is 18.3 Å². The van der Waals surface area contributed by atoms with E-state index in [0.29, 0.717) is 78.2 Å². The zero-order valence-electron chi connectivity index (χ0n) is 20.9. The zero-order valence-corrected chi connectivity index (χ0v) is 20.9. The maximum Gasteiger partial charge on any atom is 0.124 e. The lowest BCUT2D eigenvalue weighted by Crippen LogP contribution is -2.34. The normalized spacial score (nSPS) is 17.4. The van der Waals surface area contributed by atoms with E-state index in [1.807, 2.05) is 36.4 Å². The number of rotatable bonds is 9. The Morgan fingerprint density at radius 3 is 2.00 bits per heavy atom. The minimum Gasteiger partial charge on any atom is -0.507 e. The van der Waals surface area contributed by atoms with Crippen LogP contribution in [0.2, 0.25) is 0 Å². The van der Waals surface area contributed by atoms with Crippen LogP contribution in [0.25, 0.3) is 0 Å². The van der Waals surface area contributed by atoms with Crippen LogP contribution in [-0.4, -0.2) is 109 Å². The quantitative estimate of drug-likeness (QED) is 0.414. The van der Waals surface area contributed by atoms with Gasteiger partial charge in [-0.1, -0.05) is 12.1 Å². The van der Waals surface area contributed by atoms with E-state index in [4.69, 9.17) is 28.4 Å². The van der Waals surface area contributed by atoms with Gasteiger partial charge in [0.05, 0.1) is 71.8 Å². The second-order valence-electron chi connectivity index (χ2n) is 8.06. The SMILES string of the molecule is Oc1ccccc1C=Nc1ccc(OCCOCCN2CCOCCOCCOCCOCC2)cc1. The highest BCUT2D eigenvalue weighted by molar-refractivity contribution is 5.85. The van der Waals surface area contributed by atoms with Crippen LogP contribution >= 0.6 is 0 Å². The molecule has 36 heavy (non-hydrogen) atoms. The molecule has 1 saturated heterocycles. The average Bonchev–Trinajstić information content (AvgIpc) is 2.91. The van der Waals surface area contributed by atoms with Gasteiger partial charge in [0.15, 0.2) is 0 Å². The van der Waals surface area contributed by atoms with E-state index >= 15 is 0 Å². The van der Waals surface area contributed by atoms with Crippen LogP contribution in [0.1, 0.15) is 5.56 Å². The van der Waals surface area contributed by atoms with E-state index in [0.717, 1.165) is 31.1 Å². The monoisotopic (exact) mass is 502 g/mol. The molecule has 2 aromatic carbocycles. The molecule has 1 heterocycles. The molecule has 0 atom stereocenters. The zero-order chi connectivity index (χ0) is 25.1. The summed E-state index contributed by atoms with van der Waals surface area (Å²) < 4.78 is 33.8. The van der Waals surface area contributed by atoms with E-state index in [-0.39, 0.29) is 5.75 Å². The molecule has 0 saturated carbocycles. The van der Waals surface area contributed by atoms with Crippen molar-refractivity contribution in [3.63, 3.8) is 0 Å². The van der Waals surface area contributed by atoms with Gasteiger partial charge in [-0.05, 0) is 36.4 Å². The van der Waals surface area contributed by atoms with Gasteiger partial charge in [-0.25, -0.2) is 0 Å². The maximum atomic E-state index is 9.81. The Morgan fingerprint density at radius 1 is 0.750 bits per heavy atom. The minimum atomic E-state index is 0.206. The number of aliphatic imine (C=N–C) groups is 1. The number of phenolic OH excluding ortho intramolecular Hbond substituents is 1. The molecule has 2 aromatic rings. The number of nitrogens with zero attached hydrogens (tertiary/aromatic N) is 2. The Balaban J connectivity index is 1.29. The van der Waals surface area contributed by atoms with Crippen LogP contribution < -0.4 is 4.74 Å². The van der Waals surface area contributed by atoms with Gasteiger partial charge in [0, 0.05) is 31.4 Å². The lowest BCUT2D eigenvalue weighted by molar-refractivity contribution is 0.00206. The summed E-state index contributed by atoms with van der Waals surface area (Å²) in [6, 6.07) is 14.6. The number of ether oxygens (including phenoxy) is 6. The van der Waals surface area contributed by atoms with Crippen molar-refractivity contribution >= 4 is 11.9 Å². The van der Waals surface area contributed by atoms with Crippen molar-refractivity contribution in [1.29, 1.82) is 0 Å². The molecule has 0 amide bonds. The fraction of sp³-hybridized carbons (Fsp3) is 0.519. The Labute approximate surface area is 213 Å². The van der Waals surface area contributed by atoms with Gasteiger partial charge in [0.2, 0.25) is 0 Å². The summed E-state index contributed by atoms with van der Waals surface area (Å²) in [6.45, 7) is 8.80. The number of hydrogen-bond acceptors (Lipinski definition) is 9. The molecule has 1 aliphatic heterocycles. The Morgan fingerprint density at radius 2 is 1.36 bits per heavy atom. The van der Waals surface area contributed by atoms with Gasteiger partial charge in [0.1, 0.15) is 18.1 Å². The third-order valence-electron chi connectivity index (χ3n) is 5.39. The second kappa shape index (κ2) is 17.8. The van der Waals surface area contributed by atoms with Gasteiger partial charge >= 0.3 is 0 Å². The summed E-state index contributed by atoms with van der Waals surface area (Å²) in [6.07, 6.45) is 1.64. The summed E-state index contributed by atoms with van der Waals surface area (Å²) >= 11 is 0. The lowest BCUT2D eigenvalue weighted by atomic mass is 10.2. The lowest BCUT2D eigenvalue weighted by Gasteiger charge is -2.22. The average molecular weight is 503 g/mol. The molecule has 0 unspecified atom stereocenters. The molecule has 198 valence electrons. The van der Waals surface area contributed by atoms with Gasteiger partial charge in [-0.15, -0.1) is 0 Å². The highest BCUT2D eigenvalue weighted by Gasteiger charge is 2.06. The smallest absolute Gasteiger partial charge is 0.124 e. The first-order valence-electron chi connectivity index (χ1n) is 12.5. The van der Waals surface area contributed by atoms with E-state index in [2.05, 4.69) is 9.89 Å². The number of phenols is 1. The molecule has 1 aliphatic rings. The van der Waals surface area contributed by atoms with Crippen molar-refractivity contribution in [2.24, 2.45) is 4.99 Å². The van der Waals surface area contributed by atoms with Crippen molar-refractivity contribution in [3.8, 4) is 11.5 Å². The van der Waals surface area contributed by atoms with Crippen molar-refractivity contribution in [2.75, 3.05) is 92.3 Å². The van der Waals surface area contributed by atoms with Crippen molar-refractivity contribution in [3.05, 3.63) is 54.1 Å². The molecular weight excluding hydrogens is 464 g/mol. The van der Waals surface area contributed by atoms with Crippen LogP contribution in [-0.2, 0) is 23.7 Å². The molecule has 1 fully saturated rings. The molecule has 1 N–H and O–H groups in total. The first-order chi connectivity index (χ1) is 17.8. The first kappa shape index (κ1) is 28.0. The molecule has 0 spiro atoms. The Kier molecular flexibility index (Phi) is 13.9. The molecular formula is C27H38N2O7. The van der Waals surface area contributed by atoms with Crippen LogP contribution in [0.15, 0.2) is 53.5 Å². The van der Waals surface area contributed by atoms with Crippen molar-refractivity contribution in [2.45, 2.75) is 0 Å². The van der Waals surface area contributed by atoms with Crippen molar-refractivity contribution in [1.82, 2.24) is 4.90 Å². The van der Waals surface area contributed by atoms with Crippen LogP contribution in [0.5, 0.6) is 11.5 Å². The predicted molar refractivity (Wildman–Crippen MR) is 138 cm³/mol. The minimum absolute atomic E-state index is 0.206. The van der Waals surface area contributed by atoms with Crippen LogP contribution in [0.4, 0.5) is 5.69 Å². The van der Waals surface area contributed by atoms with Gasteiger partial charge < -0.3 is 33.5 Å². The molecule has 0 aliphatic carbocycles. The number of para-hydroxylation sites is 1. The summed E-state index contributed by atoms with van der Waals surface area (Å²) in [5.41, 5.74) is 1.45. The summed E-state index contributed by atoms with van der Waals surface area (Å²) in [7, 11) is 0. The molecule has 0 bridgehead atoms. The van der Waals surface area contributed by atoms with Gasteiger partial charge in [-0.2, -0.15) is 0 Å². The standard InChI is InChI=1S/C27H38N2O7/c30-27-4-2-1-3-24(27)23-28-25-5-7-26(8-6-25)36-22-21-33-14-11-29-9-12-31-15-17-34-19-20-35-18-16-32-13-10-29/h1-8,23,30H,9-22H2. The second-order valence-corrected chi connectivity index (χ2v) is 8.06. The fourth-order valence-corrected chi connectivity index (χ4v) is 3.37. The van der Waals surface area contributed by atoms with Crippen LogP contribution in [0.3, 0.4) is 0 Å². The molecule has 0 aromatic heterocycles. The first-order valence-corrected chi connectivity index (χ1v) is 12.5. The third-order valence-corrected chi connectivity index (χ3v) is 5.39. The third kappa shape index (κ3) is 11.9. The van der Waals surface area contributed by atoms with Gasteiger partial charge in [-0.3, -0.25) is 9.89 Å². The molecule has 9 heteroatoms. The Bertz CT molecular complexity index is 847. The molecule has 9 nitrogen and oxygen atoms in total. The van der Waals surface area contributed by atoms with Crippen LogP contribution in [0, 0.1) is 0 Å². The summed E-state index contributed by atoms with van der Waals surface area (Å²) in [4.78, 5) is 6.66. The van der Waals surface area contributed by atoms with Gasteiger partial charge in [0.25, 0.3) is 0 Å². The molecule has 0 radical (unpaired) electrons. The predicted octanol–water partition coefficient (Wildman–Crippen LogP) is 2.92. The van der Waals surface area contributed by atoms with Crippen molar-refractivity contribution < 1.29 is 33.5 Å². The van der Waals surface area contributed by atoms with E-state index in [9.17, 15) is 5.11 Å². The highest BCUT2D eigenvalue weighted by atomic mass is 16.6. The number of benzene rings is 2. The number of hydrogen-bond donors (Lipinski definition) is 1. The molecule has 3 rings (SSSR count). The van der Waals surface area contributed by atoms with E-state index < -0.39 is 0 Å². The largest absolute Gasteiger partial charge is 0.507 e. The fourth-order valence-electron chi connectivity index (χ4n) is 3.37. The summed E-state index contributed by atoms with van der Waals surface area (Å²) in [5, 5.41) is 9.81. The number of aromatic hydroxyl groups is 1. The Hall–Kier alpha value is -2.53. The topological polar surface area (TPSA) is 91.2 Å². The highest BCUT2D eigenvalue weighted by Crippen LogP contribution is 2.19.